The number of benzene rings is 1. The van der Waals surface area contributed by atoms with Crippen LogP contribution in [0.5, 0.6) is 0 Å². The summed E-state index contributed by atoms with van der Waals surface area (Å²) in [5.74, 6) is 0. The van der Waals surface area contributed by atoms with Crippen molar-refractivity contribution in [3.63, 3.8) is 0 Å². The van der Waals surface area contributed by atoms with Gasteiger partial charge < -0.3 is 0 Å². The lowest BCUT2D eigenvalue weighted by Crippen LogP contribution is -1.82. The van der Waals surface area contributed by atoms with E-state index in [2.05, 4.69) is 28.2 Å². The first kappa shape index (κ1) is 9.04. The molecular weight excluding hydrogens is 196 g/mol. The van der Waals surface area contributed by atoms with Crippen molar-refractivity contribution in [1.82, 2.24) is 9.97 Å². The highest BCUT2D eigenvalue weighted by Gasteiger charge is 1.99. The molecule has 0 aliphatic carbocycles. The monoisotopic (exact) mass is 206 g/mol. The molecule has 0 N–H and O–H groups in total. The van der Waals surface area contributed by atoms with Crippen LogP contribution in [0.1, 0.15) is 0 Å². The van der Waals surface area contributed by atoms with Gasteiger partial charge >= 0.3 is 0 Å². The fourth-order valence-electron chi connectivity index (χ4n) is 1.78. The van der Waals surface area contributed by atoms with Crippen molar-refractivity contribution in [2.75, 3.05) is 0 Å². The summed E-state index contributed by atoms with van der Waals surface area (Å²) in [5, 5.41) is 2.35. The van der Waals surface area contributed by atoms with Gasteiger partial charge in [-0.1, -0.05) is 18.2 Å². The van der Waals surface area contributed by atoms with Crippen LogP contribution in [0.3, 0.4) is 0 Å². The summed E-state index contributed by atoms with van der Waals surface area (Å²) in [6.07, 6.45) is 5.49. The third-order valence-electron chi connectivity index (χ3n) is 2.60. The molecule has 0 spiro atoms. The first-order valence-electron chi connectivity index (χ1n) is 5.19. The van der Waals surface area contributed by atoms with E-state index >= 15 is 0 Å². The zero-order chi connectivity index (χ0) is 10.8. The summed E-state index contributed by atoms with van der Waals surface area (Å²) in [6, 6.07) is 14.2. The van der Waals surface area contributed by atoms with Crippen molar-refractivity contribution in [3.8, 4) is 11.3 Å². The highest BCUT2D eigenvalue weighted by atomic mass is 14.7. The van der Waals surface area contributed by atoms with Crippen LogP contribution in [0.2, 0.25) is 0 Å². The van der Waals surface area contributed by atoms with Gasteiger partial charge in [-0.05, 0) is 29.7 Å². The van der Waals surface area contributed by atoms with Gasteiger partial charge in [-0.3, -0.25) is 9.97 Å². The fraction of sp³-hybridized carbons (Fsp3) is 0. The zero-order valence-corrected chi connectivity index (χ0v) is 8.67. The van der Waals surface area contributed by atoms with Gasteiger partial charge in [0, 0.05) is 29.5 Å². The Morgan fingerprint density at radius 2 is 1.81 bits per heavy atom. The van der Waals surface area contributed by atoms with Gasteiger partial charge in [0.1, 0.15) is 0 Å². The van der Waals surface area contributed by atoms with E-state index in [4.69, 9.17) is 0 Å². The summed E-state index contributed by atoms with van der Waals surface area (Å²) >= 11 is 0. The summed E-state index contributed by atoms with van der Waals surface area (Å²) < 4.78 is 0. The lowest BCUT2D eigenvalue weighted by atomic mass is 10.1. The first-order valence-corrected chi connectivity index (χ1v) is 5.19. The molecule has 0 aliphatic heterocycles. The van der Waals surface area contributed by atoms with Gasteiger partial charge in [-0.2, -0.15) is 0 Å². The lowest BCUT2D eigenvalue weighted by molar-refractivity contribution is 1.32. The van der Waals surface area contributed by atoms with Crippen LogP contribution < -0.4 is 0 Å². The SMILES string of the molecule is c1ccc(-c2ccc3ccncc3c2)nc1. The highest BCUT2D eigenvalue weighted by molar-refractivity contribution is 5.85. The maximum Gasteiger partial charge on any atom is 0.0702 e. The van der Waals surface area contributed by atoms with Crippen LogP contribution >= 0.6 is 0 Å². The van der Waals surface area contributed by atoms with Crippen LogP contribution in [0.25, 0.3) is 22.0 Å². The number of rotatable bonds is 1. The van der Waals surface area contributed by atoms with Gasteiger partial charge in [-0.15, -0.1) is 0 Å². The average molecular weight is 206 g/mol. The van der Waals surface area contributed by atoms with Crippen LogP contribution in [-0.4, -0.2) is 9.97 Å². The molecule has 0 radical (unpaired) electrons. The third kappa shape index (κ3) is 1.54. The normalized spacial score (nSPS) is 10.5. The van der Waals surface area contributed by atoms with Crippen LogP contribution in [0, 0.1) is 0 Å². The van der Waals surface area contributed by atoms with Gasteiger partial charge in [0.2, 0.25) is 0 Å². The zero-order valence-electron chi connectivity index (χ0n) is 8.67. The molecular formula is C14H10N2. The standard InChI is InChI=1S/C14H10N2/c1-2-7-16-14(3-1)12-5-4-11-6-8-15-10-13(11)9-12/h1-10H. The van der Waals surface area contributed by atoms with Gasteiger partial charge in [0.05, 0.1) is 5.69 Å². The van der Waals surface area contributed by atoms with E-state index in [0.717, 1.165) is 16.6 Å². The Morgan fingerprint density at radius 3 is 2.69 bits per heavy atom. The average Bonchev–Trinajstić information content (AvgIpc) is 2.39. The minimum atomic E-state index is 0.994. The predicted octanol–water partition coefficient (Wildman–Crippen LogP) is 3.30. The maximum atomic E-state index is 4.34. The van der Waals surface area contributed by atoms with E-state index in [1.54, 1.807) is 0 Å². The first-order chi connectivity index (χ1) is 7.93. The molecule has 16 heavy (non-hydrogen) atoms. The largest absolute Gasteiger partial charge is 0.264 e. The van der Waals surface area contributed by atoms with Crippen molar-refractivity contribution in [2.45, 2.75) is 0 Å². The summed E-state index contributed by atoms with van der Waals surface area (Å²) in [6.45, 7) is 0. The minimum Gasteiger partial charge on any atom is -0.264 e. The molecule has 3 aromatic rings. The highest BCUT2D eigenvalue weighted by Crippen LogP contribution is 2.21. The molecule has 0 amide bonds. The van der Waals surface area contributed by atoms with E-state index < -0.39 is 0 Å². The number of hydrogen-bond donors (Lipinski definition) is 0. The van der Waals surface area contributed by atoms with Crippen LogP contribution in [-0.2, 0) is 0 Å². The molecule has 0 atom stereocenters. The quantitative estimate of drug-likeness (QED) is 0.610. The second-order valence-corrected chi connectivity index (χ2v) is 3.65. The molecule has 0 fully saturated rings. The number of pyridine rings is 2. The molecule has 2 heterocycles. The maximum absolute atomic E-state index is 4.34. The molecule has 0 saturated carbocycles. The molecule has 0 saturated heterocycles. The van der Waals surface area contributed by atoms with E-state index in [1.165, 1.54) is 5.39 Å². The van der Waals surface area contributed by atoms with E-state index in [-0.39, 0.29) is 0 Å². The molecule has 2 nitrogen and oxygen atoms in total. The van der Waals surface area contributed by atoms with Crippen molar-refractivity contribution in [2.24, 2.45) is 0 Å². The smallest absolute Gasteiger partial charge is 0.0702 e. The minimum absolute atomic E-state index is 0.994. The second-order valence-electron chi connectivity index (χ2n) is 3.65. The van der Waals surface area contributed by atoms with Crippen molar-refractivity contribution >= 4 is 10.8 Å². The molecule has 3 rings (SSSR count). The topological polar surface area (TPSA) is 25.8 Å². The molecule has 76 valence electrons. The summed E-state index contributed by atoms with van der Waals surface area (Å²) in [5.41, 5.74) is 2.12. The van der Waals surface area contributed by atoms with E-state index in [9.17, 15) is 0 Å². The van der Waals surface area contributed by atoms with E-state index in [1.807, 2.05) is 42.9 Å². The van der Waals surface area contributed by atoms with Gasteiger partial charge in [0.25, 0.3) is 0 Å². The van der Waals surface area contributed by atoms with Gasteiger partial charge in [0.15, 0.2) is 0 Å². The van der Waals surface area contributed by atoms with Crippen molar-refractivity contribution < 1.29 is 0 Å². The third-order valence-corrected chi connectivity index (χ3v) is 2.60. The Kier molecular flexibility index (Phi) is 2.11. The number of aromatic nitrogens is 2. The Morgan fingerprint density at radius 1 is 0.812 bits per heavy atom. The van der Waals surface area contributed by atoms with Crippen molar-refractivity contribution in [3.05, 3.63) is 61.1 Å². The Labute approximate surface area is 93.6 Å². The molecule has 0 unspecified atom stereocenters. The summed E-state index contributed by atoms with van der Waals surface area (Å²) in [7, 11) is 0. The van der Waals surface area contributed by atoms with Crippen molar-refractivity contribution in [1.29, 1.82) is 0 Å². The van der Waals surface area contributed by atoms with Gasteiger partial charge in [-0.25, -0.2) is 0 Å². The van der Waals surface area contributed by atoms with Crippen LogP contribution in [0.15, 0.2) is 61.1 Å². The molecule has 2 aromatic heterocycles. The van der Waals surface area contributed by atoms with Crippen LogP contribution in [0.4, 0.5) is 0 Å². The molecule has 2 heteroatoms. The fourth-order valence-corrected chi connectivity index (χ4v) is 1.78. The second kappa shape index (κ2) is 3.74. The molecule has 0 aliphatic rings. The lowest BCUT2D eigenvalue weighted by Gasteiger charge is -2.02. The Bertz CT molecular complexity index is 618. The predicted molar refractivity (Wildman–Crippen MR) is 65.0 cm³/mol. The van der Waals surface area contributed by atoms with E-state index in [0.29, 0.717) is 0 Å². The Balaban J connectivity index is 2.19. The number of hydrogen-bond acceptors (Lipinski definition) is 2. The molecule has 0 bridgehead atoms. The number of nitrogens with zero attached hydrogens (tertiary/aromatic N) is 2. The Hall–Kier alpha value is -2.22. The number of fused-ring (bicyclic) bond motifs is 1. The summed E-state index contributed by atoms with van der Waals surface area (Å²) in [4.78, 5) is 8.46. The molecule has 1 aromatic carbocycles.